The van der Waals surface area contributed by atoms with E-state index < -0.39 is 0 Å². The molecule has 0 saturated carbocycles. The van der Waals surface area contributed by atoms with Crippen LogP contribution >= 0.6 is 11.3 Å². The number of nitrogens with zero attached hydrogens (tertiary/aromatic N) is 1. The molecule has 2 heterocycles. The van der Waals surface area contributed by atoms with Crippen LogP contribution in [0.2, 0.25) is 0 Å². The molecule has 1 atom stereocenters. The molecular weight excluding hydrogens is 314 g/mol. The molecule has 3 rings (SSSR count). The average molecular weight is 333 g/mol. The van der Waals surface area contributed by atoms with Crippen LogP contribution in [0.15, 0.2) is 35.8 Å². The van der Waals surface area contributed by atoms with E-state index in [1.54, 1.807) is 6.20 Å². The fourth-order valence-electron chi connectivity index (χ4n) is 2.28. The zero-order valence-corrected chi connectivity index (χ0v) is 13.5. The Kier molecular flexibility index (Phi) is 5.44. The zero-order chi connectivity index (χ0) is 15.9. The third-order valence-corrected chi connectivity index (χ3v) is 4.18. The van der Waals surface area contributed by atoms with Gasteiger partial charge in [0, 0.05) is 24.7 Å². The smallest absolute Gasteiger partial charge is 0.321 e. The Balaban J connectivity index is 1.41. The van der Waals surface area contributed by atoms with Gasteiger partial charge in [0.2, 0.25) is 0 Å². The number of aromatic nitrogens is 1. The quantitative estimate of drug-likeness (QED) is 0.852. The fraction of sp³-hybridized carbons (Fsp3) is 0.375. The first-order valence-electron chi connectivity index (χ1n) is 7.57. The molecule has 2 N–H and O–H groups in total. The molecule has 6 nitrogen and oxygen atoms in total. The largest absolute Gasteiger partial charge is 0.491 e. The third-order valence-electron chi connectivity index (χ3n) is 3.49. The van der Waals surface area contributed by atoms with E-state index in [-0.39, 0.29) is 12.1 Å². The number of rotatable bonds is 6. The Morgan fingerprint density at radius 3 is 2.96 bits per heavy atom. The summed E-state index contributed by atoms with van der Waals surface area (Å²) in [4.78, 5) is 15.7. The van der Waals surface area contributed by atoms with E-state index in [0.29, 0.717) is 18.3 Å². The summed E-state index contributed by atoms with van der Waals surface area (Å²) in [5.74, 6) is 0.816. The molecule has 1 saturated heterocycles. The maximum Gasteiger partial charge on any atom is 0.321 e. The van der Waals surface area contributed by atoms with E-state index in [9.17, 15) is 4.79 Å². The van der Waals surface area contributed by atoms with Gasteiger partial charge in [-0.15, -0.1) is 11.3 Å². The Morgan fingerprint density at radius 1 is 1.39 bits per heavy atom. The highest BCUT2D eigenvalue weighted by Gasteiger charge is 2.15. The van der Waals surface area contributed by atoms with Crippen LogP contribution in [0.3, 0.4) is 0 Å². The van der Waals surface area contributed by atoms with Crippen molar-refractivity contribution < 1.29 is 14.3 Å². The van der Waals surface area contributed by atoms with Crippen molar-refractivity contribution in [3.63, 3.8) is 0 Å². The Morgan fingerprint density at radius 2 is 2.26 bits per heavy atom. The molecule has 0 unspecified atom stereocenters. The van der Waals surface area contributed by atoms with Crippen LogP contribution in [-0.2, 0) is 11.3 Å². The van der Waals surface area contributed by atoms with Crippen molar-refractivity contribution in [1.29, 1.82) is 0 Å². The number of nitrogens with one attached hydrogen (secondary N) is 2. The maximum atomic E-state index is 11.7. The fourth-order valence-corrected chi connectivity index (χ4v) is 2.80. The molecule has 0 aliphatic carbocycles. The first-order valence-corrected chi connectivity index (χ1v) is 8.45. The molecule has 1 aromatic heterocycles. The number of urea groups is 1. The number of amides is 2. The molecule has 7 heteroatoms. The predicted molar refractivity (Wildman–Crippen MR) is 88.9 cm³/mol. The highest BCUT2D eigenvalue weighted by molar-refractivity contribution is 7.13. The maximum absolute atomic E-state index is 11.7. The molecule has 0 radical (unpaired) electrons. The molecular formula is C16H19N3O3S. The molecule has 1 aliphatic rings. The predicted octanol–water partition coefficient (Wildman–Crippen LogP) is 3.02. The van der Waals surface area contributed by atoms with Gasteiger partial charge in [-0.3, -0.25) is 5.32 Å². The molecule has 2 aromatic rings. The minimum Gasteiger partial charge on any atom is -0.491 e. The minimum absolute atomic E-state index is 0.214. The van der Waals surface area contributed by atoms with Crippen LogP contribution in [0.25, 0.3) is 0 Å². The number of hydrogen-bond donors (Lipinski definition) is 2. The zero-order valence-electron chi connectivity index (χ0n) is 12.7. The van der Waals surface area contributed by atoms with E-state index in [1.807, 2.05) is 29.6 Å². The molecule has 122 valence electrons. The number of thiazole rings is 1. The monoisotopic (exact) mass is 333 g/mol. The molecule has 2 amide bonds. The topological polar surface area (TPSA) is 72.5 Å². The second-order valence-electron chi connectivity index (χ2n) is 5.23. The number of carbonyl (C=O) groups excluding carboxylic acids is 1. The van der Waals surface area contributed by atoms with Crippen molar-refractivity contribution in [2.75, 3.05) is 18.5 Å². The van der Waals surface area contributed by atoms with E-state index in [0.717, 1.165) is 30.8 Å². The lowest BCUT2D eigenvalue weighted by Crippen LogP contribution is -2.28. The van der Waals surface area contributed by atoms with Crippen molar-refractivity contribution in [3.05, 3.63) is 41.4 Å². The van der Waals surface area contributed by atoms with Crippen LogP contribution in [-0.4, -0.2) is 30.3 Å². The van der Waals surface area contributed by atoms with Crippen molar-refractivity contribution >= 4 is 22.5 Å². The van der Waals surface area contributed by atoms with Crippen molar-refractivity contribution in [2.45, 2.75) is 25.5 Å². The van der Waals surface area contributed by atoms with Crippen molar-refractivity contribution in [2.24, 2.45) is 0 Å². The van der Waals surface area contributed by atoms with E-state index >= 15 is 0 Å². The first-order chi connectivity index (χ1) is 11.3. The second-order valence-corrected chi connectivity index (χ2v) is 6.13. The van der Waals surface area contributed by atoms with Gasteiger partial charge >= 0.3 is 6.03 Å². The molecule has 1 aromatic carbocycles. The van der Waals surface area contributed by atoms with E-state index in [4.69, 9.17) is 9.47 Å². The summed E-state index contributed by atoms with van der Waals surface area (Å²) in [5, 5.41) is 7.86. The summed E-state index contributed by atoms with van der Waals surface area (Å²) in [7, 11) is 0. The first kappa shape index (κ1) is 15.8. The minimum atomic E-state index is -0.265. The standard InChI is InChI=1S/C16H19N3O3S/c20-15(19-16-17-7-9-23-16)18-10-12-3-5-13(6-4-12)22-11-14-2-1-8-21-14/h3-7,9,14H,1-2,8,10-11H2,(H2,17,18,19,20)/t14-/m1/s1. The summed E-state index contributed by atoms with van der Waals surface area (Å²) in [6, 6.07) is 7.43. The van der Waals surface area contributed by atoms with Crippen LogP contribution in [0.5, 0.6) is 5.75 Å². The van der Waals surface area contributed by atoms with Gasteiger partial charge in [-0.25, -0.2) is 9.78 Å². The Labute approximate surface area is 138 Å². The van der Waals surface area contributed by atoms with Crippen molar-refractivity contribution in [3.8, 4) is 5.75 Å². The summed E-state index contributed by atoms with van der Waals surface area (Å²) < 4.78 is 11.2. The number of carbonyl (C=O) groups is 1. The molecule has 1 aliphatic heterocycles. The number of benzene rings is 1. The second kappa shape index (κ2) is 7.94. The average Bonchev–Trinajstić information content (AvgIpc) is 3.25. The normalized spacial score (nSPS) is 17.0. The van der Waals surface area contributed by atoms with Gasteiger partial charge in [0.1, 0.15) is 12.4 Å². The Hall–Kier alpha value is -2.12. The van der Waals surface area contributed by atoms with Crippen LogP contribution in [0, 0.1) is 0 Å². The van der Waals surface area contributed by atoms with Gasteiger partial charge in [-0.2, -0.15) is 0 Å². The number of ether oxygens (including phenoxy) is 2. The van der Waals surface area contributed by atoms with Crippen molar-refractivity contribution in [1.82, 2.24) is 10.3 Å². The number of hydrogen-bond acceptors (Lipinski definition) is 5. The molecule has 1 fully saturated rings. The van der Waals surface area contributed by atoms with E-state index in [1.165, 1.54) is 11.3 Å². The Bertz CT molecular complexity index is 610. The molecule has 0 bridgehead atoms. The lowest BCUT2D eigenvalue weighted by molar-refractivity contribution is 0.0679. The van der Waals surface area contributed by atoms with Gasteiger partial charge in [0.15, 0.2) is 5.13 Å². The summed E-state index contributed by atoms with van der Waals surface area (Å²) >= 11 is 1.38. The van der Waals surface area contributed by atoms with Gasteiger partial charge in [0.25, 0.3) is 0 Å². The SMILES string of the molecule is O=C(NCc1ccc(OC[C@H]2CCCO2)cc1)Nc1nccs1. The molecule has 23 heavy (non-hydrogen) atoms. The summed E-state index contributed by atoms with van der Waals surface area (Å²) in [5.41, 5.74) is 1.00. The summed E-state index contributed by atoms with van der Waals surface area (Å²) in [6.07, 6.45) is 4.04. The van der Waals surface area contributed by atoms with Gasteiger partial charge in [-0.05, 0) is 30.5 Å². The number of anilines is 1. The van der Waals surface area contributed by atoms with Gasteiger partial charge in [-0.1, -0.05) is 12.1 Å². The lowest BCUT2D eigenvalue weighted by atomic mass is 10.2. The van der Waals surface area contributed by atoms with Gasteiger partial charge in [0.05, 0.1) is 6.10 Å². The molecule has 0 spiro atoms. The highest BCUT2D eigenvalue weighted by atomic mass is 32.1. The van der Waals surface area contributed by atoms with Gasteiger partial charge < -0.3 is 14.8 Å². The third kappa shape index (κ3) is 4.94. The van der Waals surface area contributed by atoms with Crippen LogP contribution < -0.4 is 15.4 Å². The lowest BCUT2D eigenvalue weighted by Gasteiger charge is -2.12. The summed E-state index contributed by atoms with van der Waals surface area (Å²) in [6.45, 7) is 1.87. The van der Waals surface area contributed by atoms with Crippen LogP contribution in [0.4, 0.5) is 9.93 Å². The van der Waals surface area contributed by atoms with E-state index in [2.05, 4.69) is 15.6 Å². The van der Waals surface area contributed by atoms with Crippen LogP contribution in [0.1, 0.15) is 18.4 Å². The highest BCUT2D eigenvalue weighted by Crippen LogP contribution is 2.16.